The van der Waals surface area contributed by atoms with E-state index in [-0.39, 0.29) is 17.4 Å². The van der Waals surface area contributed by atoms with Crippen LogP contribution >= 0.6 is 0 Å². The van der Waals surface area contributed by atoms with Crippen LogP contribution in [0.5, 0.6) is 5.75 Å². The van der Waals surface area contributed by atoms with Crippen molar-refractivity contribution in [1.82, 2.24) is 16.0 Å². The van der Waals surface area contributed by atoms with E-state index < -0.39 is 0 Å². The zero-order valence-electron chi connectivity index (χ0n) is 9.80. The summed E-state index contributed by atoms with van der Waals surface area (Å²) in [6, 6.07) is 8.42. The molecule has 6 nitrogen and oxygen atoms in total. The van der Waals surface area contributed by atoms with E-state index in [4.69, 9.17) is 4.52 Å². The Balaban J connectivity index is 1.86. The summed E-state index contributed by atoms with van der Waals surface area (Å²) in [6.45, 7) is 2.02. The number of carbonyl (C=O) groups excluding carboxylic acids is 1. The molecule has 1 aromatic carbocycles. The molecule has 3 N–H and O–H groups in total. The van der Waals surface area contributed by atoms with Crippen molar-refractivity contribution in [3.05, 3.63) is 47.3 Å². The number of hydrazine groups is 1. The highest BCUT2D eigenvalue weighted by molar-refractivity contribution is 5.91. The van der Waals surface area contributed by atoms with Gasteiger partial charge in [0.25, 0.3) is 5.91 Å². The molecular formula is C12H13N3O3. The Bertz CT molecular complexity index is 551. The van der Waals surface area contributed by atoms with E-state index in [0.717, 1.165) is 0 Å². The Labute approximate surface area is 104 Å². The van der Waals surface area contributed by atoms with Crippen LogP contribution < -0.4 is 10.9 Å². The molecule has 0 saturated carbocycles. The zero-order valence-corrected chi connectivity index (χ0v) is 9.80. The summed E-state index contributed by atoms with van der Waals surface area (Å²) in [6.07, 6.45) is 0. The van der Waals surface area contributed by atoms with Crippen LogP contribution in [0.3, 0.4) is 0 Å². The summed E-state index contributed by atoms with van der Waals surface area (Å²) in [4.78, 5) is 11.6. The van der Waals surface area contributed by atoms with Crippen molar-refractivity contribution >= 4 is 5.91 Å². The molecule has 2 rings (SSSR count). The molecule has 0 spiro atoms. The third kappa shape index (κ3) is 2.86. The van der Waals surface area contributed by atoms with E-state index in [0.29, 0.717) is 17.9 Å². The number of rotatable bonds is 4. The standard InChI is InChI=1S/C12H13N3O3/c1-8-6-10(15-18-8)12(17)14-13-7-9-4-2-3-5-11(9)16/h2-6,13,16H,7H2,1H3,(H,14,17). The minimum Gasteiger partial charge on any atom is -0.508 e. The maximum Gasteiger partial charge on any atom is 0.287 e. The van der Waals surface area contributed by atoms with Crippen LogP contribution in [0.4, 0.5) is 0 Å². The molecule has 6 heteroatoms. The molecular weight excluding hydrogens is 234 g/mol. The summed E-state index contributed by atoms with van der Waals surface area (Å²) < 4.78 is 4.79. The number of nitrogens with one attached hydrogen (secondary N) is 2. The average Bonchev–Trinajstić information content (AvgIpc) is 2.78. The summed E-state index contributed by atoms with van der Waals surface area (Å²) in [5, 5.41) is 13.1. The average molecular weight is 247 g/mol. The van der Waals surface area contributed by atoms with Gasteiger partial charge in [-0.15, -0.1) is 0 Å². The number of aryl methyl sites for hydroxylation is 1. The molecule has 0 aliphatic carbocycles. The van der Waals surface area contributed by atoms with Crippen molar-refractivity contribution in [3.63, 3.8) is 0 Å². The number of amides is 1. The molecule has 1 heterocycles. The number of para-hydroxylation sites is 1. The van der Waals surface area contributed by atoms with Gasteiger partial charge in [-0.2, -0.15) is 0 Å². The SMILES string of the molecule is Cc1cc(C(=O)NNCc2ccccc2O)no1. The van der Waals surface area contributed by atoms with Crippen molar-refractivity contribution < 1.29 is 14.4 Å². The number of carbonyl (C=O) groups is 1. The van der Waals surface area contributed by atoms with Crippen molar-refractivity contribution in [3.8, 4) is 5.75 Å². The Hall–Kier alpha value is -2.34. The zero-order chi connectivity index (χ0) is 13.0. The molecule has 0 aliphatic rings. The first-order valence-electron chi connectivity index (χ1n) is 5.40. The van der Waals surface area contributed by atoms with Crippen LogP contribution in [-0.2, 0) is 6.54 Å². The van der Waals surface area contributed by atoms with Gasteiger partial charge in [0.05, 0.1) is 0 Å². The highest BCUT2D eigenvalue weighted by Gasteiger charge is 2.10. The van der Waals surface area contributed by atoms with Gasteiger partial charge in [-0.1, -0.05) is 23.4 Å². The quantitative estimate of drug-likeness (QED) is 0.705. The summed E-state index contributed by atoms with van der Waals surface area (Å²) in [7, 11) is 0. The van der Waals surface area contributed by atoms with Gasteiger partial charge in [0.15, 0.2) is 5.69 Å². The number of phenols is 1. The lowest BCUT2D eigenvalue weighted by atomic mass is 10.2. The monoisotopic (exact) mass is 247 g/mol. The fourth-order valence-corrected chi connectivity index (χ4v) is 1.42. The van der Waals surface area contributed by atoms with Crippen molar-refractivity contribution in [2.24, 2.45) is 0 Å². The molecule has 1 aromatic heterocycles. The van der Waals surface area contributed by atoms with Gasteiger partial charge < -0.3 is 9.63 Å². The van der Waals surface area contributed by atoms with Crippen LogP contribution in [0.25, 0.3) is 0 Å². The molecule has 0 unspecified atom stereocenters. The lowest BCUT2D eigenvalue weighted by Gasteiger charge is -2.06. The van der Waals surface area contributed by atoms with Gasteiger partial charge in [0, 0.05) is 18.2 Å². The molecule has 0 saturated heterocycles. The van der Waals surface area contributed by atoms with Gasteiger partial charge in [0.1, 0.15) is 11.5 Å². The van der Waals surface area contributed by atoms with E-state index in [2.05, 4.69) is 16.0 Å². The van der Waals surface area contributed by atoms with Crippen LogP contribution in [0.2, 0.25) is 0 Å². The molecule has 0 aliphatic heterocycles. The van der Waals surface area contributed by atoms with Gasteiger partial charge in [0.2, 0.25) is 0 Å². The third-order valence-electron chi connectivity index (χ3n) is 2.33. The molecule has 2 aromatic rings. The first-order chi connectivity index (χ1) is 8.66. The van der Waals surface area contributed by atoms with Gasteiger partial charge in [-0.3, -0.25) is 10.2 Å². The smallest absolute Gasteiger partial charge is 0.287 e. The predicted octanol–water partition coefficient (Wildman–Crippen LogP) is 1.12. The molecule has 1 amide bonds. The number of nitrogens with zero attached hydrogens (tertiary/aromatic N) is 1. The van der Waals surface area contributed by atoms with E-state index in [9.17, 15) is 9.90 Å². The largest absolute Gasteiger partial charge is 0.508 e. The van der Waals surface area contributed by atoms with Gasteiger partial charge in [-0.25, -0.2) is 5.43 Å². The van der Waals surface area contributed by atoms with Crippen molar-refractivity contribution in [1.29, 1.82) is 0 Å². The summed E-state index contributed by atoms with van der Waals surface area (Å²) in [5.74, 6) is 0.361. The highest BCUT2D eigenvalue weighted by Crippen LogP contribution is 2.14. The molecule has 0 radical (unpaired) electrons. The molecule has 0 atom stereocenters. The fraction of sp³-hybridized carbons (Fsp3) is 0.167. The second kappa shape index (κ2) is 5.33. The molecule has 0 fully saturated rings. The third-order valence-corrected chi connectivity index (χ3v) is 2.33. The Morgan fingerprint density at radius 3 is 2.89 bits per heavy atom. The fourth-order valence-electron chi connectivity index (χ4n) is 1.42. The van der Waals surface area contributed by atoms with Crippen molar-refractivity contribution in [2.75, 3.05) is 0 Å². The molecule has 0 bridgehead atoms. The number of aromatic hydroxyl groups is 1. The first-order valence-corrected chi connectivity index (χ1v) is 5.40. The van der Waals surface area contributed by atoms with Crippen LogP contribution in [0, 0.1) is 6.92 Å². The summed E-state index contributed by atoms with van der Waals surface area (Å²) >= 11 is 0. The lowest BCUT2D eigenvalue weighted by molar-refractivity contribution is 0.0923. The second-order valence-electron chi connectivity index (χ2n) is 3.76. The van der Waals surface area contributed by atoms with Crippen LogP contribution in [-0.4, -0.2) is 16.2 Å². The molecule has 18 heavy (non-hydrogen) atoms. The number of benzene rings is 1. The van der Waals surface area contributed by atoms with Gasteiger partial charge >= 0.3 is 0 Å². The van der Waals surface area contributed by atoms with E-state index in [1.54, 1.807) is 31.2 Å². The van der Waals surface area contributed by atoms with Crippen LogP contribution in [0.15, 0.2) is 34.9 Å². The number of hydrogen-bond donors (Lipinski definition) is 3. The minimum absolute atomic E-state index is 0.177. The van der Waals surface area contributed by atoms with E-state index in [1.165, 1.54) is 6.07 Å². The first kappa shape index (κ1) is 12.1. The normalized spacial score (nSPS) is 10.3. The van der Waals surface area contributed by atoms with E-state index >= 15 is 0 Å². The number of phenolic OH excluding ortho intramolecular Hbond substituents is 1. The number of hydrogen-bond acceptors (Lipinski definition) is 5. The van der Waals surface area contributed by atoms with Crippen LogP contribution in [0.1, 0.15) is 21.8 Å². The summed E-state index contributed by atoms with van der Waals surface area (Å²) in [5.41, 5.74) is 6.07. The minimum atomic E-state index is -0.387. The highest BCUT2D eigenvalue weighted by atomic mass is 16.5. The van der Waals surface area contributed by atoms with Crippen molar-refractivity contribution in [2.45, 2.75) is 13.5 Å². The second-order valence-corrected chi connectivity index (χ2v) is 3.76. The lowest BCUT2D eigenvalue weighted by Crippen LogP contribution is -2.37. The molecule has 94 valence electrons. The van der Waals surface area contributed by atoms with Gasteiger partial charge in [-0.05, 0) is 13.0 Å². The number of aromatic nitrogens is 1. The maximum absolute atomic E-state index is 11.6. The Morgan fingerprint density at radius 1 is 1.44 bits per heavy atom. The topological polar surface area (TPSA) is 87.4 Å². The Morgan fingerprint density at radius 2 is 2.22 bits per heavy atom. The van der Waals surface area contributed by atoms with E-state index in [1.807, 2.05) is 0 Å². The maximum atomic E-state index is 11.6. The predicted molar refractivity (Wildman–Crippen MR) is 63.7 cm³/mol. The Kier molecular flexibility index (Phi) is 3.59.